The summed E-state index contributed by atoms with van der Waals surface area (Å²) in [5, 5.41) is 0. The third kappa shape index (κ3) is 2.90. The van der Waals surface area contributed by atoms with Crippen molar-refractivity contribution in [1.82, 2.24) is 9.88 Å². The smallest absolute Gasteiger partial charge is 0.274 e. The molecular formula is C14H15BrN2O3S. The number of carbonyl (C=O) groups excluding carboxylic acids is 1. The molecule has 7 heteroatoms. The number of rotatable bonds is 2. The van der Waals surface area contributed by atoms with E-state index in [1.165, 1.54) is 11.3 Å². The Morgan fingerprint density at radius 2 is 2.29 bits per heavy atom. The maximum Gasteiger partial charge on any atom is 0.274 e. The SMILES string of the molecule is Cc1ccc([C@@H]2COCCN2C(=O)c2nc(Br)sc2C)o1. The van der Waals surface area contributed by atoms with Gasteiger partial charge < -0.3 is 14.1 Å². The molecule has 3 rings (SSSR count). The van der Waals surface area contributed by atoms with Crippen molar-refractivity contribution in [1.29, 1.82) is 0 Å². The van der Waals surface area contributed by atoms with E-state index in [0.717, 1.165) is 20.3 Å². The predicted octanol–water partition coefficient (Wildman–Crippen LogP) is 3.33. The Hall–Kier alpha value is -1.18. The van der Waals surface area contributed by atoms with Crippen molar-refractivity contribution in [2.45, 2.75) is 19.9 Å². The highest BCUT2D eigenvalue weighted by molar-refractivity contribution is 9.11. The molecule has 0 unspecified atom stereocenters. The number of thiazole rings is 1. The Labute approximate surface area is 135 Å². The highest BCUT2D eigenvalue weighted by Gasteiger charge is 2.33. The number of morpholine rings is 1. The van der Waals surface area contributed by atoms with E-state index >= 15 is 0 Å². The highest BCUT2D eigenvalue weighted by atomic mass is 79.9. The van der Waals surface area contributed by atoms with Crippen LogP contribution in [0, 0.1) is 13.8 Å². The number of furan rings is 1. The Morgan fingerprint density at radius 3 is 2.90 bits per heavy atom. The van der Waals surface area contributed by atoms with E-state index in [1.54, 1.807) is 4.90 Å². The Kier molecular flexibility index (Phi) is 4.14. The number of aromatic nitrogens is 1. The van der Waals surface area contributed by atoms with Gasteiger partial charge in [0.15, 0.2) is 3.92 Å². The Bertz CT molecular complexity index is 667. The lowest BCUT2D eigenvalue weighted by atomic mass is 10.1. The van der Waals surface area contributed by atoms with Gasteiger partial charge in [-0.3, -0.25) is 4.79 Å². The van der Waals surface area contributed by atoms with Crippen LogP contribution in [0.15, 0.2) is 20.5 Å². The molecule has 1 saturated heterocycles. The minimum Gasteiger partial charge on any atom is -0.464 e. The van der Waals surface area contributed by atoms with Crippen LogP contribution < -0.4 is 0 Å². The number of halogens is 1. The molecule has 2 aromatic rings. The molecule has 0 bridgehead atoms. The molecule has 112 valence electrons. The number of carbonyl (C=O) groups is 1. The first-order valence-electron chi connectivity index (χ1n) is 6.64. The Balaban J connectivity index is 1.90. The molecule has 5 nitrogen and oxygen atoms in total. The molecule has 1 aliphatic heterocycles. The number of hydrogen-bond acceptors (Lipinski definition) is 5. The molecule has 3 heterocycles. The van der Waals surface area contributed by atoms with Crippen LogP contribution >= 0.6 is 27.3 Å². The molecule has 0 aromatic carbocycles. The molecule has 0 spiro atoms. The molecule has 0 saturated carbocycles. The molecule has 1 atom stereocenters. The predicted molar refractivity (Wildman–Crippen MR) is 82.6 cm³/mol. The summed E-state index contributed by atoms with van der Waals surface area (Å²) in [7, 11) is 0. The largest absolute Gasteiger partial charge is 0.464 e. The second-order valence-electron chi connectivity index (χ2n) is 4.91. The monoisotopic (exact) mass is 370 g/mol. The van der Waals surface area contributed by atoms with E-state index in [1.807, 2.05) is 26.0 Å². The van der Waals surface area contributed by atoms with Gasteiger partial charge >= 0.3 is 0 Å². The van der Waals surface area contributed by atoms with Gasteiger partial charge in [0.1, 0.15) is 23.3 Å². The van der Waals surface area contributed by atoms with Crippen LogP contribution in [-0.2, 0) is 4.74 Å². The van der Waals surface area contributed by atoms with E-state index in [4.69, 9.17) is 9.15 Å². The topological polar surface area (TPSA) is 55.6 Å². The number of nitrogens with zero attached hydrogens (tertiary/aromatic N) is 2. The van der Waals surface area contributed by atoms with Gasteiger partial charge in [0, 0.05) is 11.4 Å². The molecule has 0 aliphatic carbocycles. The second kappa shape index (κ2) is 5.90. The summed E-state index contributed by atoms with van der Waals surface area (Å²) in [5.74, 6) is 1.51. The summed E-state index contributed by atoms with van der Waals surface area (Å²) >= 11 is 4.80. The maximum atomic E-state index is 12.8. The highest BCUT2D eigenvalue weighted by Crippen LogP contribution is 2.30. The van der Waals surface area contributed by atoms with Gasteiger partial charge in [-0.25, -0.2) is 4.98 Å². The maximum absolute atomic E-state index is 12.8. The van der Waals surface area contributed by atoms with Crippen LogP contribution in [0.3, 0.4) is 0 Å². The molecule has 2 aromatic heterocycles. The van der Waals surface area contributed by atoms with Gasteiger partial charge in [-0.1, -0.05) is 0 Å². The molecule has 0 radical (unpaired) electrons. The average Bonchev–Trinajstić information content (AvgIpc) is 3.04. The minimum atomic E-state index is -0.195. The van der Waals surface area contributed by atoms with Crippen molar-refractivity contribution in [2.75, 3.05) is 19.8 Å². The Morgan fingerprint density at radius 1 is 1.48 bits per heavy atom. The summed E-state index contributed by atoms with van der Waals surface area (Å²) < 4.78 is 11.9. The van der Waals surface area contributed by atoms with E-state index in [0.29, 0.717) is 25.5 Å². The van der Waals surface area contributed by atoms with Gasteiger partial charge in [-0.2, -0.15) is 0 Å². The third-order valence-electron chi connectivity index (χ3n) is 3.45. The van der Waals surface area contributed by atoms with Crippen LogP contribution in [0.4, 0.5) is 0 Å². The lowest BCUT2D eigenvalue weighted by molar-refractivity contribution is -0.00924. The van der Waals surface area contributed by atoms with Gasteiger partial charge in [-0.05, 0) is 41.9 Å². The van der Waals surface area contributed by atoms with Crippen LogP contribution in [0.1, 0.15) is 32.9 Å². The second-order valence-corrected chi connectivity index (χ2v) is 7.39. The fraction of sp³-hybridized carbons (Fsp3) is 0.429. The first-order chi connectivity index (χ1) is 10.1. The van der Waals surface area contributed by atoms with Crippen LogP contribution in [0.25, 0.3) is 0 Å². The normalized spacial score (nSPS) is 19.0. The third-order valence-corrected chi connectivity index (χ3v) is 4.87. The molecule has 21 heavy (non-hydrogen) atoms. The molecule has 0 N–H and O–H groups in total. The van der Waals surface area contributed by atoms with Crippen molar-refractivity contribution >= 4 is 33.2 Å². The quantitative estimate of drug-likeness (QED) is 0.813. The lowest BCUT2D eigenvalue weighted by Crippen LogP contribution is -2.43. The zero-order valence-corrected chi connectivity index (χ0v) is 14.2. The van der Waals surface area contributed by atoms with Crippen LogP contribution in [-0.4, -0.2) is 35.5 Å². The van der Waals surface area contributed by atoms with Gasteiger partial charge in [0.2, 0.25) is 0 Å². The number of aryl methyl sites for hydroxylation is 2. The summed E-state index contributed by atoms with van der Waals surface area (Å²) in [6, 6.07) is 3.61. The van der Waals surface area contributed by atoms with E-state index in [2.05, 4.69) is 20.9 Å². The molecular weight excluding hydrogens is 356 g/mol. The standard InChI is InChI=1S/C14H15BrN2O3S/c1-8-3-4-11(20-8)10-7-19-6-5-17(10)13(18)12-9(2)21-14(15)16-12/h3-4,10H,5-7H2,1-2H3/t10-/m0/s1. The average molecular weight is 371 g/mol. The zero-order valence-electron chi connectivity index (χ0n) is 11.8. The van der Waals surface area contributed by atoms with Crippen LogP contribution in [0.5, 0.6) is 0 Å². The lowest BCUT2D eigenvalue weighted by Gasteiger charge is -2.34. The van der Waals surface area contributed by atoms with Crippen molar-refractivity contribution in [3.8, 4) is 0 Å². The molecule has 1 aliphatic rings. The summed E-state index contributed by atoms with van der Waals surface area (Å²) in [6.45, 7) is 5.32. The summed E-state index contributed by atoms with van der Waals surface area (Å²) in [6.07, 6.45) is 0. The van der Waals surface area contributed by atoms with Crippen molar-refractivity contribution in [2.24, 2.45) is 0 Å². The van der Waals surface area contributed by atoms with Crippen LogP contribution in [0.2, 0.25) is 0 Å². The molecule has 1 amide bonds. The van der Waals surface area contributed by atoms with E-state index in [9.17, 15) is 4.79 Å². The minimum absolute atomic E-state index is 0.0724. The van der Waals surface area contributed by atoms with E-state index in [-0.39, 0.29) is 11.9 Å². The van der Waals surface area contributed by atoms with E-state index < -0.39 is 0 Å². The van der Waals surface area contributed by atoms with Crippen molar-refractivity contribution in [3.05, 3.63) is 38.1 Å². The first-order valence-corrected chi connectivity index (χ1v) is 8.25. The molecule has 1 fully saturated rings. The number of hydrogen-bond donors (Lipinski definition) is 0. The first kappa shape index (κ1) is 14.7. The fourth-order valence-electron chi connectivity index (χ4n) is 2.41. The number of ether oxygens (including phenoxy) is 1. The summed E-state index contributed by atoms with van der Waals surface area (Å²) in [4.78, 5) is 19.8. The van der Waals surface area contributed by atoms with Crippen molar-refractivity contribution < 1.29 is 13.9 Å². The number of amides is 1. The van der Waals surface area contributed by atoms with Crippen molar-refractivity contribution in [3.63, 3.8) is 0 Å². The zero-order chi connectivity index (χ0) is 15.0. The van der Waals surface area contributed by atoms with Gasteiger partial charge in [0.05, 0.1) is 13.2 Å². The van der Waals surface area contributed by atoms with Gasteiger partial charge in [-0.15, -0.1) is 11.3 Å². The fourth-order valence-corrected chi connectivity index (χ4v) is 3.94. The summed E-state index contributed by atoms with van der Waals surface area (Å²) in [5.41, 5.74) is 0.502. The van der Waals surface area contributed by atoms with Gasteiger partial charge in [0.25, 0.3) is 5.91 Å².